The summed E-state index contributed by atoms with van der Waals surface area (Å²) in [4.78, 5) is 34.0. The molecule has 2 aromatic rings. The number of pyridine rings is 1. The van der Waals surface area contributed by atoms with E-state index in [1.165, 1.54) is 12.3 Å². The van der Waals surface area contributed by atoms with E-state index in [0.717, 1.165) is 19.3 Å². The van der Waals surface area contributed by atoms with Crippen LogP contribution in [0.1, 0.15) is 54.6 Å². The number of ether oxygens (including phenoxy) is 1. The molecule has 0 spiro atoms. The molecule has 2 aliphatic rings. The van der Waals surface area contributed by atoms with Crippen LogP contribution in [-0.4, -0.2) is 70.6 Å². The zero-order valence-electron chi connectivity index (χ0n) is 20.9. The number of aromatic nitrogens is 1. The molecular weight excluding hydrogens is 461 g/mol. The van der Waals surface area contributed by atoms with Gasteiger partial charge in [0.1, 0.15) is 17.5 Å². The SMILES string of the molecule is C[C@@H]1CN([C@H](C)CO)C(=O)c2cc(C#Cc3ccccc3F)cnc2O[C@H]1CN(C)C(=O)C1CCC1. The third kappa shape index (κ3) is 5.52. The molecule has 1 aromatic heterocycles. The molecule has 1 aliphatic heterocycles. The predicted molar refractivity (Wildman–Crippen MR) is 133 cm³/mol. The predicted octanol–water partition coefficient (Wildman–Crippen LogP) is 3.10. The van der Waals surface area contributed by atoms with Crippen LogP contribution in [0.15, 0.2) is 36.5 Å². The Labute approximate surface area is 211 Å². The lowest BCUT2D eigenvalue weighted by Crippen LogP contribution is -2.51. The second-order valence-electron chi connectivity index (χ2n) is 9.78. The normalized spacial score (nSPS) is 20.6. The molecule has 1 saturated carbocycles. The summed E-state index contributed by atoms with van der Waals surface area (Å²) in [7, 11) is 1.78. The second kappa shape index (κ2) is 11.1. The Morgan fingerprint density at radius 1 is 1.33 bits per heavy atom. The summed E-state index contributed by atoms with van der Waals surface area (Å²) in [5.41, 5.74) is 0.906. The minimum Gasteiger partial charge on any atom is -0.472 e. The lowest BCUT2D eigenvalue weighted by molar-refractivity contribution is -0.138. The van der Waals surface area contributed by atoms with Crippen molar-refractivity contribution in [2.75, 3.05) is 26.7 Å². The summed E-state index contributed by atoms with van der Waals surface area (Å²) in [5, 5.41) is 9.82. The van der Waals surface area contributed by atoms with Gasteiger partial charge in [-0.3, -0.25) is 9.59 Å². The standard InChI is InChI=1S/C28H32FN3O4/c1-18-15-32(19(2)17-33)28(35)23-13-20(11-12-21-7-4-5-10-24(21)29)14-30-26(23)36-25(18)16-31(3)27(34)22-8-6-9-22/h4-5,7,10,13-14,18-19,22,25,33H,6,8-9,15-17H2,1-3H3/t18-,19-,25+/m1/s1. The van der Waals surface area contributed by atoms with Gasteiger partial charge in [-0.05, 0) is 38.0 Å². The fraction of sp³-hybridized carbons (Fsp3) is 0.464. The number of halogens is 1. The van der Waals surface area contributed by atoms with Crippen LogP contribution in [0.2, 0.25) is 0 Å². The first-order valence-corrected chi connectivity index (χ1v) is 12.4. The van der Waals surface area contributed by atoms with Crippen molar-refractivity contribution in [2.24, 2.45) is 11.8 Å². The topological polar surface area (TPSA) is 83.0 Å². The Hall–Kier alpha value is -3.44. The molecular formula is C28H32FN3O4. The van der Waals surface area contributed by atoms with Gasteiger partial charge in [0.15, 0.2) is 0 Å². The fourth-order valence-corrected chi connectivity index (χ4v) is 4.42. The summed E-state index contributed by atoms with van der Waals surface area (Å²) >= 11 is 0. The first-order valence-electron chi connectivity index (χ1n) is 12.4. The molecule has 2 amide bonds. The number of hydrogen-bond donors (Lipinski definition) is 1. The second-order valence-corrected chi connectivity index (χ2v) is 9.78. The lowest BCUT2D eigenvalue weighted by atomic mass is 9.84. The molecule has 0 unspecified atom stereocenters. The zero-order chi connectivity index (χ0) is 25.8. The first-order chi connectivity index (χ1) is 17.3. The minimum atomic E-state index is -0.427. The molecule has 36 heavy (non-hydrogen) atoms. The maximum Gasteiger partial charge on any atom is 0.259 e. The van der Waals surface area contributed by atoms with Crippen molar-refractivity contribution in [3.05, 3.63) is 59.0 Å². The van der Waals surface area contributed by atoms with Crippen molar-refractivity contribution in [1.29, 1.82) is 0 Å². The highest BCUT2D eigenvalue weighted by molar-refractivity contribution is 5.97. The summed E-state index contributed by atoms with van der Waals surface area (Å²) < 4.78 is 20.2. The number of amides is 2. The van der Waals surface area contributed by atoms with Crippen LogP contribution in [0.25, 0.3) is 0 Å². The summed E-state index contributed by atoms with van der Waals surface area (Å²) in [5.74, 6) is 5.15. The van der Waals surface area contributed by atoms with E-state index >= 15 is 0 Å². The van der Waals surface area contributed by atoms with Gasteiger partial charge < -0.3 is 19.6 Å². The van der Waals surface area contributed by atoms with E-state index in [1.54, 1.807) is 48.0 Å². The van der Waals surface area contributed by atoms with Crippen LogP contribution < -0.4 is 4.74 Å². The van der Waals surface area contributed by atoms with Gasteiger partial charge in [-0.25, -0.2) is 9.37 Å². The Bertz CT molecular complexity index is 1190. The van der Waals surface area contributed by atoms with Crippen LogP contribution >= 0.6 is 0 Å². The van der Waals surface area contributed by atoms with Gasteiger partial charge in [0, 0.05) is 37.2 Å². The molecule has 1 aliphatic carbocycles. The highest BCUT2D eigenvalue weighted by Gasteiger charge is 2.36. The van der Waals surface area contributed by atoms with Crippen LogP contribution in [0.4, 0.5) is 4.39 Å². The number of aliphatic hydroxyl groups excluding tert-OH is 1. The molecule has 190 valence electrons. The van der Waals surface area contributed by atoms with Gasteiger partial charge in [-0.15, -0.1) is 0 Å². The molecule has 8 heteroatoms. The van der Waals surface area contributed by atoms with E-state index in [0.29, 0.717) is 18.7 Å². The summed E-state index contributed by atoms with van der Waals surface area (Å²) in [6.07, 6.45) is 4.01. The average Bonchev–Trinajstić information content (AvgIpc) is 2.84. The Balaban J connectivity index is 1.65. The van der Waals surface area contributed by atoms with E-state index in [9.17, 15) is 19.1 Å². The number of aliphatic hydroxyl groups is 1. The van der Waals surface area contributed by atoms with Crippen molar-refractivity contribution in [2.45, 2.75) is 45.3 Å². The number of nitrogens with zero attached hydrogens (tertiary/aromatic N) is 3. The largest absolute Gasteiger partial charge is 0.472 e. The van der Waals surface area contributed by atoms with Gasteiger partial charge >= 0.3 is 0 Å². The van der Waals surface area contributed by atoms with Crippen LogP contribution in [0, 0.1) is 29.5 Å². The van der Waals surface area contributed by atoms with Crippen LogP contribution in [0.5, 0.6) is 5.88 Å². The molecule has 0 bridgehead atoms. The van der Waals surface area contributed by atoms with Gasteiger partial charge in [0.2, 0.25) is 11.8 Å². The summed E-state index contributed by atoms with van der Waals surface area (Å²) in [6.45, 7) is 4.27. The number of carbonyl (C=O) groups is 2. The third-order valence-corrected chi connectivity index (χ3v) is 7.02. The fourth-order valence-electron chi connectivity index (χ4n) is 4.42. The number of rotatable bonds is 5. The quantitative estimate of drug-likeness (QED) is 0.648. The lowest BCUT2D eigenvalue weighted by Gasteiger charge is -2.38. The van der Waals surface area contributed by atoms with Gasteiger partial charge in [0.25, 0.3) is 5.91 Å². The van der Waals surface area contributed by atoms with Gasteiger partial charge in [0.05, 0.1) is 24.8 Å². The Morgan fingerprint density at radius 2 is 2.08 bits per heavy atom. The van der Waals surface area contributed by atoms with Crippen molar-refractivity contribution in [3.8, 4) is 17.7 Å². The van der Waals surface area contributed by atoms with Gasteiger partial charge in [-0.2, -0.15) is 0 Å². The molecule has 1 N–H and O–H groups in total. The van der Waals surface area contributed by atoms with Crippen molar-refractivity contribution >= 4 is 11.8 Å². The monoisotopic (exact) mass is 493 g/mol. The van der Waals surface area contributed by atoms with Gasteiger partial charge in [-0.1, -0.05) is 37.3 Å². The number of carbonyl (C=O) groups excluding carboxylic acids is 2. The highest BCUT2D eigenvalue weighted by atomic mass is 19.1. The Morgan fingerprint density at radius 3 is 2.75 bits per heavy atom. The van der Waals surface area contributed by atoms with E-state index in [2.05, 4.69) is 16.8 Å². The minimum absolute atomic E-state index is 0.0762. The molecule has 0 saturated heterocycles. The molecule has 7 nitrogen and oxygen atoms in total. The van der Waals surface area contributed by atoms with E-state index in [1.807, 2.05) is 6.92 Å². The Kier molecular flexibility index (Phi) is 7.90. The zero-order valence-corrected chi connectivity index (χ0v) is 20.9. The average molecular weight is 494 g/mol. The van der Waals surface area contributed by atoms with E-state index in [-0.39, 0.29) is 47.3 Å². The van der Waals surface area contributed by atoms with Crippen molar-refractivity contribution < 1.29 is 23.8 Å². The summed E-state index contributed by atoms with van der Waals surface area (Å²) in [6, 6.07) is 7.37. The molecule has 1 fully saturated rings. The first kappa shape index (κ1) is 25.6. The maximum atomic E-state index is 14.0. The van der Waals surface area contributed by atoms with Crippen molar-refractivity contribution in [3.63, 3.8) is 0 Å². The van der Waals surface area contributed by atoms with E-state index in [4.69, 9.17) is 4.74 Å². The molecule has 4 rings (SSSR count). The molecule has 0 radical (unpaired) electrons. The number of hydrogen-bond acceptors (Lipinski definition) is 5. The van der Waals surface area contributed by atoms with Crippen LogP contribution in [0.3, 0.4) is 0 Å². The highest BCUT2D eigenvalue weighted by Crippen LogP contribution is 2.30. The molecule has 1 aromatic carbocycles. The van der Waals surface area contributed by atoms with Crippen LogP contribution in [-0.2, 0) is 4.79 Å². The maximum absolute atomic E-state index is 14.0. The third-order valence-electron chi connectivity index (χ3n) is 7.02. The molecule has 2 heterocycles. The smallest absolute Gasteiger partial charge is 0.259 e. The van der Waals surface area contributed by atoms with E-state index < -0.39 is 18.0 Å². The number of likely N-dealkylation sites (N-methyl/N-ethyl adjacent to an activating group) is 1. The van der Waals surface area contributed by atoms with Crippen molar-refractivity contribution in [1.82, 2.24) is 14.8 Å². The number of benzene rings is 1. The number of fused-ring (bicyclic) bond motifs is 1. The molecule has 3 atom stereocenters.